The Bertz CT molecular complexity index is 950. The maximum absolute atomic E-state index is 12.9. The maximum Gasteiger partial charge on any atom is 0.263 e. The van der Waals surface area contributed by atoms with Crippen molar-refractivity contribution >= 4 is 28.8 Å². The fraction of sp³-hybridized carbons (Fsp3) is 0.200. The van der Waals surface area contributed by atoms with E-state index in [0.717, 1.165) is 10.4 Å². The minimum absolute atomic E-state index is 0.188. The van der Waals surface area contributed by atoms with Crippen molar-refractivity contribution < 1.29 is 4.79 Å². The third-order valence-electron chi connectivity index (χ3n) is 4.09. The number of pyridine rings is 1. The quantitative estimate of drug-likeness (QED) is 0.634. The smallest absolute Gasteiger partial charge is 0.263 e. The molecule has 0 saturated carbocycles. The van der Waals surface area contributed by atoms with Crippen molar-refractivity contribution in [3.05, 3.63) is 91.5 Å². The van der Waals surface area contributed by atoms with Crippen LogP contribution in [0, 0.1) is 0 Å². The Morgan fingerprint density at radius 2 is 1.88 bits per heavy atom. The van der Waals surface area contributed by atoms with Gasteiger partial charge in [-0.1, -0.05) is 41.9 Å². The summed E-state index contributed by atoms with van der Waals surface area (Å²) >= 11 is 7.41. The van der Waals surface area contributed by atoms with Crippen molar-refractivity contribution in [2.45, 2.75) is 20.0 Å². The minimum Gasteiger partial charge on any atom is -0.334 e. The lowest BCUT2D eigenvalue weighted by atomic mass is 10.2. The van der Waals surface area contributed by atoms with Crippen molar-refractivity contribution in [3.63, 3.8) is 0 Å². The average Bonchev–Trinajstić information content (AvgIpc) is 3.07. The van der Waals surface area contributed by atoms with Gasteiger partial charge >= 0.3 is 0 Å². The van der Waals surface area contributed by atoms with Crippen LogP contribution in [0.2, 0.25) is 4.34 Å². The Balaban J connectivity index is 1.84. The number of hydrogen-bond donors (Lipinski definition) is 0. The zero-order valence-electron chi connectivity index (χ0n) is 14.4. The second kappa shape index (κ2) is 8.34. The number of amides is 1. The summed E-state index contributed by atoms with van der Waals surface area (Å²) in [7, 11) is 0. The number of carbonyl (C=O) groups excluding carboxylic acids is 1. The lowest BCUT2D eigenvalue weighted by molar-refractivity contribution is 0.0751. The lowest BCUT2D eigenvalue weighted by Gasteiger charge is -2.20. The maximum atomic E-state index is 12.9. The summed E-state index contributed by atoms with van der Waals surface area (Å²) in [5.74, 6) is -0.260. The molecule has 0 unspecified atom stereocenters. The number of benzene rings is 1. The number of halogens is 1. The largest absolute Gasteiger partial charge is 0.334 e. The van der Waals surface area contributed by atoms with Gasteiger partial charge in [-0.25, -0.2) is 0 Å². The number of nitrogens with zero attached hydrogens (tertiary/aromatic N) is 2. The molecule has 0 radical (unpaired) electrons. The fourth-order valence-corrected chi connectivity index (χ4v) is 3.83. The third-order valence-corrected chi connectivity index (χ3v) is 5.31. The second-order valence-electron chi connectivity index (χ2n) is 5.87. The van der Waals surface area contributed by atoms with E-state index >= 15 is 0 Å². The number of hydrogen-bond acceptors (Lipinski definition) is 3. The van der Waals surface area contributed by atoms with Gasteiger partial charge in [-0.2, -0.15) is 0 Å². The van der Waals surface area contributed by atoms with E-state index in [2.05, 4.69) is 0 Å². The predicted octanol–water partition coefficient (Wildman–Crippen LogP) is 4.27. The van der Waals surface area contributed by atoms with E-state index in [0.29, 0.717) is 24.0 Å². The Morgan fingerprint density at radius 1 is 1.12 bits per heavy atom. The highest BCUT2D eigenvalue weighted by Gasteiger charge is 2.19. The van der Waals surface area contributed by atoms with Crippen LogP contribution in [-0.2, 0) is 13.1 Å². The Labute approximate surface area is 161 Å². The fourth-order valence-electron chi connectivity index (χ4n) is 2.73. The molecule has 0 aliphatic rings. The molecule has 0 saturated heterocycles. The molecule has 0 N–H and O–H groups in total. The van der Waals surface area contributed by atoms with E-state index in [1.807, 2.05) is 49.4 Å². The number of rotatable bonds is 6. The standard InChI is InChI=1S/C20H19ClN2O2S/c1-2-22(14-16-10-11-18(21)26-16)19(24)17-9-6-12-23(20(17)25)13-15-7-4-3-5-8-15/h3-12H,2,13-14H2,1H3. The first-order chi connectivity index (χ1) is 12.6. The van der Waals surface area contributed by atoms with Crippen LogP contribution in [0.25, 0.3) is 0 Å². The number of carbonyl (C=O) groups is 1. The molecule has 4 nitrogen and oxygen atoms in total. The Kier molecular flexibility index (Phi) is 5.91. The molecule has 0 bridgehead atoms. The SMILES string of the molecule is CCN(Cc1ccc(Cl)s1)C(=O)c1cccn(Cc2ccccc2)c1=O. The van der Waals surface area contributed by atoms with Gasteiger partial charge in [0.05, 0.1) is 17.4 Å². The van der Waals surface area contributed by atoms with Crippen LogP contribution in [0.15, 0.2) is 65.6 Å². The van der Waals surface area contributed by atoms with Crippen LogP contribution in [0.5, 0.6) is 0 Å². The molecule has 3 aromatic rings. The molecule has 26 heavy (non-hydrogen) atoms. The first kappa shape index (κ1) is 18.4. The Morgan fingerprint density at radius 3 is 2.54 bits per heavy atom. The van der Waals surface area contributed by atoms with Crippen molar-refractivity contribution in [1.29, 1.82) is 0 Å². The van der Waals surface area contributed by atoms with Crippen LogP contribution >= 0.6 is 22.9 Å². The second-order valence-corrected chi connectivity index (χ2v) is 7.67. The zero-order valence-corrected chi connectivity index (χ0v) is 16.0. The molecular weight excluding hydrogens is 368 g/mol. The molecule has 3 rings (SSSR count). The summed E-state index contributed by atoms with van der Waals surface area (Å²) in [6.07, 6.45) is 1.71. The molecule has 2 aromatic heterocycles. The highest BCUT2D eigenvalue weighted by molar-refractivity contribution is 7.16. The molecule has 1 aromatic carbocycles. The van der Waals surface area contributed by atoms with Gasteiger partial charge in [0.15, 0.2) is 0 Å². The molecule has 0 aliphatic heterocycles. The summed E-state index contributed by atoms with van der Waals surface area (Å²) in [6, 6.07) is 16.8. The Hall–Kier alpha value is -2.37. The van der Waals surface area contributed by atoms with Crippen LogP contribution in [0.4, 0.5) is 0 Å². The van der Waals surface area contributed by atoms with Crippen molar-refractivity contribution in [2.75, 3.05) is 6.54 Å². The van der Waals surface area contributed by atoms with Crippen LogP contribution < -0.4 is 5.56 Å². The van der Waals surface area contributed by atoms with Gasteiger partial charge in [0.25, 0.3) is 11.5 Å². The molecule has 2 heterocycles. The normalized spacial score (nSPS) is 10.7. The van der Waals surface area contributed by atoms with Crippen LogP contribution in [-0.4, -0.2) is 21.9 Å². The highest BCUT2D eigenvalue weighted by Crippen LogP contribution is 2.23. The van der Waals surface area contributed by atoms with E-state index in [1.165, 1.54) is 11.3 Å². The van der Waals surface area contributed by atoms with E-state index in [4.69, 9.17) is 11.6 Å². The van der Waals surface area contributed by atoms with Gasteiger partial charge < -0.3 is 9.47 Å². The lowest BCUT2D eigenvalue weighted by Crippen LogP contribution is -2.36. The van der Waals surface area contributed by atoms with Crippen molar-refractivity contribution in [2.24, 2.45) is 0 Å². The first-order valence-corrected chi connectivity index (χ1v) is 9.54. The highest BCUT2D eigenvalue weighted by atomic mass is 35.5. The van der Waals surface area contributed by atoms with Gasteiger partial charge in [-0.15, -0.1) is 11.3 Å². The summed E-state index contributed by atoms with van der Waals surface area (Å²) in [5.41, 5.74) is 0.928. The molecule has 0 spiro atoms. The number of thiophene rings is 1. The topological polar surface area (TPSA) is 42.3 Å². The monoisotopic (exact) mass is 386 g/mol. The molecule has 0 fully saturated rings. The van der Waals surface area contributed by atoms with Crippen molar-refractivity contribution in [1.82, 2.24) is 9.47 Å². The van der Waals surface area contributed by atoms with Gasteiger partial charge in [0.1, 0.15) is 5.56 Å². The van der Waals surface area contributed by atoms with E-state index in [-0.39, 0.29) is 17.0 Å². The van der Waals surface area contributed by atoms with Gasteiger partial charge in [0.2, 0.25) is 0 Å². The molecular formula is C20H19ClN2O2S. The third kappa shape index (κ3) is 4.23. The van der Waals surface area contributed by atoms with E-state index < -0.39 is 0 Å². The summed E-state index contributed by atoms with van der Waals surface area (Å²) in [6.45, 7) is 3.30. The molecule has 6 heteroatoms. The van der Waals surface area contributed by atoms with Gasteiger partial charge in [-0.05, 0) is 36.8 Å². The zero-order chi connectivity index (χ0) is 18.5. The predicted molar refractivity (Wildman–Crippen MR) is 106 cm³/mol. The summed E-state index contributed by atoms with van der Waals surface area (Å²) in [5, 5.41) is 0. The van der Waals surface area contributed by atoms with Crippen molar-refractivity contribution in [3.8, 4) is 0 Å². The molecule has 1 amide bonds. The van der Waals surface area contributed by atoms with Gasteiger partial charge in [-0.3, -0.25) is 9.59 Å². The van der Waals surface area contributed by atoms with Gasteiger partial charge in [0, 0.05) is 17.6 Å². The minimum atomic E-state index is -0.274. The van der Waals surface area contributed by atoms with Crippen LogP contribution in [0.1, 0.15) is 27.7 Å². The first-order valence-electron chi connectivity index (χ1n) is 8.35. The van der Waals surface area contributed by atoms with E-state index in [1.54, 1.807) is 27.8 Å². The number of aromatic nitrogens is 1. The summed E-state index contributed by atoms with van der Waals surface area (Å²) < 4.78 is 2.26. The molecule has 0 aliphatic carbocycles. The summed E-state index contributed by atoms with van der Waals surface area (Å²) in [4.78, 5) is 28.3. The average molecular weight is 387 g/mol. The molecule has 0 atom stereocenters. The van der Waals surface area contributed by atoms with E-state index in [9.17, 15) is 9.59 Å². The van der Waals surface area contributed by atoms with Crippen LogP contribution in [0.3, 0.4) is 0 Å². The molecule has 134 valence electrons.